The molecule has 0 unspecified atom stereocenters. The Balaban J connectivity index is 1.66. The first kappa shape index (κ1) is 15.2. The molecule has 6 nitrogen and oxygen atoms in total. The highest BCUT2D eigenvalue weighted by Gasteiger charge is 2.28. The Morgan fingerprint density at radius 1 is 1.32 bits per heavy atom. The molecule has 22 heavy (non-hydrogen) atoms. The Hall–Kier alpha value is -1.73. The van der Waals surface area contributed by atoms with Gasteiger partial charge in [-0.3, -0.25) is 9.67 Å². The molecule has 1 aliphatic heterocycles. The number of nitrogens with zero attached hydrogens (tertiary/aromatic N) is 4. The van der Waals surface area contributed by atoms with E-state index in [0.29, 0.717) is 19.0 Å². The third-order valence-corrected chi connectivity index (χ3v) is 5.42. The molecule has 118 valence electrons. The molecule has 2 aromatic rings. The van der Waals surface area contributed by atoms with E-state index in [9.17, 15) is 8.42 Å². The summed E-state index contributed by atoms with van der Waals surface area (Å²) in [5, 5.41) is 4.14. The van der Waals surface area contributed by atoms with Crippen LogP contribution in [0.2, 0.25) is 0 Å². The molecule has 0 saturated carbocycles. The van der Waals surface area contributed by atoms with Gasteiger partial charge >= 0.3 is 0 Å². The van der Waals surface area contributed by atoms with Crippen molar-refractivity contribution in [1.29, 1.82) is 0 Å². The van der Waals surface area contributed by atoms with E-state index < -0.39 is 10.0 Å². The predicted molar refractivity (Wildman–Crippen MR) is 84.7 cm³/mol. The Morgan fingerprint density at radius 3 is 2.68 bits per heavy atom. The zero-order valence-electron chi connectivity index (χ0n) is 12.8. The summed E-state index contributed by atoms with van der Waals surface area (Å²) in [6.07, 6.45) is 6.69. The lowest BCUT2D eigenvalue weighted by Crippen LogP contribution is -2.27. The topological polar surface area (TPSA) is 68.1 Å². The number of pyridine rings is 1. The Labute approximate surface area is 130 Å². The van der Waals surface area contributed by atoms with E-state index in [1.54, 1.807) is 15.2 Å². The highest BCUT2D eigenvalue weighted by molar-refractivity contribution is 7.88. The summed E-state index contributed by atoms with van der Waals surface area (Å²) in [5.41, 5.74) is 3.02. The quantitative estimate of drug-likeness (QED) is 0.852. The van der Waals surface area contributed by atoms with Gasteiger partial charge in [-0.2, -0.15) is 5.10 Å². The molecule has 0 aliphatic carbocycles. The highest BCUT2D eigenvalue weighted by atomic mass is 32.2. The van der Waals surface area contributed by atoms with Gasteiger partial charge in [-0.1, -0.05) is 6.07 Å². The van der Waals surface area contributed by atoms with Crippen LogP contribution >= 0.6 is 0 Å². The van der Waals surface area contributed by atoms with Crippen molar-refractivity contribution in [2.45, 2.75) is 12.8 Å². The van der Waals surface area contributed by atoms with Crippen LogP contribution in [0.25, 0.3) is 11.4 Å². The monoisotopic (exact) mass is 320 g/mol. The average Bonchev–Trinajstić information content (AvgIpc) is 3.08. The van der Waals surface area contributed by atoms with Crippen LogP contribution in [0.15, 0.2) is 30.6 Å². The van der Waals surface area contributed by atoms with Crippen LogP contribution in [0.4, 0.5) is 0 Å². The van der Waals surface area contributed by atoms with Crippen molar-refractivity contribution in [3.63, 3.8) is 0 Å². The Bertz CT molecular complexity index is 752. The highest BCUT2D eigenvalue weighted by Crippen LogP contribution is 2.23. The van der Waals surface area contributed by atoms with Crippen LogP contribution in [0.3, 0.4) is 0 Å². The van der Waals surface area contributed by atoms with E-state index in [0.717, 1.165) is 29.8 Å². The van der Waals surface area contributed by atoms with Crippen molar-refractivity contribution < 1.29 is 8.42 Å². The van der Waals surface area contributed by atoms with E-state index in [1.807, 2.05) is 25.4 Å². The lowest BCUT2D eigenvalue weighted by molar-refractivity contribution is 0.460. The molecule has 0 N–H and O–H groups in total. The molecular formula is C15H20N4O2S. The van der Waals surface area contributed by atoms with Crippen LogP contribution in [-0.2, 0) is 23.5 Å². The number of aryl methyl sites for hydroxylation is 1. The maximum absolute atomic E-state index is 11.5. The first-order valence-electron chi connectivity index (χ1n) is 7.32. The fourth-order valence-corrected chi connectivity index (χ4v) is 3.84. The van der Waals surface area contributed by atoms with Crippen LogP contribution < -0.4 is 0 Å². The zero-order chi connectivity index (χ0) is 15.7. The van der Waals surface area contributed by atoms with Crippen LogP contribution in [0.5, 0.6) is 0 Å². The fourth-order valence-electron chi connectivity index (χ4n) is 2.92. The summed E-state index contributed by atoms with van der Waals surface area (Å²) >= 11 is 0. The molecule has 1 aliphatic rings. The van der Waals surface area contributed by atoms with Crippen LogP contribution in [0.1, 0.15) is 12.0 Å². The minimum Gasteiger partial charge on any atom is -0.266 e. The number of rotatable bonds is 4. The minimum atomic E-state index is -3.06. The van der Waals surface area contributed by atoms with Crippen LogP contribution in [-0.4, -0.2) is 46.8 Å². The number of hydrogen-bond acceptors (Lipinski definition) is 4. The molecule has 1 saturated heterocycles. The third-order valence-electron chi connectivity index (χ3n) is 4.15. The second-order valence-corrected chi connectivity index (χ2v) is 7.85. The van der Waals surface area contributed by atoms with E-state index in [2.05, 4.69) is 16.1 Å². The van der Waals surface area contributed by atoms with Crippen molar-refractivity contribution in [3.05, 3.63) is 36.2 Å². The molecule has 3 rings (SSSR count). The summed E-state index contributed by atoms with van der Waals surface area (Å²) in [5.74, 6) is 0.374. The molecule has 0 bridgehead atoms. The molecule has 7 heteroatoms. The second kappa shape index (κ2) is 5.81. The number of hydrogen-bond donors (Lipinski definition) is 0. The van der Waals surface area contributed by atoms with Crippen LogP contribution in [0, 0.1) is 5.92 Å². The summed E-state index contributed by atoms with van der Waals surface area (Å²) in [6, 6.07) is 6.00. The van der Waals surface area contributed by atoms with Gasteiger partial charge in [0.2, 0.25) is 10.0 Å². The molecular weight excluding hydrogens is 300 g/mol. The molecule has 0 spiro atoms. The maximum atomic E-state index is 11.5. The first-order valence-corrected chi connectivity index (χ1v) is 9.17. The SMILES string of the molecule is Cn1nccc1-c1ccc(C[C@@H]2CCN(S(C)(=O)=O)C2)cn1. The van der Waals surface area contributed by atoms with Crippen molar-refractivity contribution in [2.24, 2.45) is 13.0 Å². The van der Waals surface area contributed by atoms with E-state index in [4.69, 9.17) is 0 Å². The van der Waals surface area contributed by atoms with Gasteiger partial charge in [0.05, 0.1) is 17.6 Å². The Kier molecular flexibility index (Phi) is 4.01. The number of aromatic nitrogens is 3. The van der Waals surface area contributed by atoms with Gasteiger partial charge in [-0.05, 0) is 36.5 Å². The summed E-state index contributed by atoms with van der Waals surface area (Å²) in [4.78, 5) is 4.50. The average molecular weight is 320 g/mol. The lowest BCUT2D eigenvalue weighted by Gasteiger charge is -2.13. The van der Waals surface area contributed by atoms with E-state index in [1.165, 1.54) is 6.26 Å². The molecule has 0 amide bonds. The predicted octanol–water partition coefficient (Wildman–Crippen LogP) is 1.31. The first-order chi connectivity index (χ1) is 10.4. The Morgan fingerprint density at radius 2 is 2.14 bits per heavy atom. The largest absolute Gasteiger partial charge is 0.266 e. The zero-order valence-corrected chi connectivity index (χ0v) is 13.6. The fraction of sp³-hybridized carbons (Fsp3) is 0.467. The molecule has 2 aromatic heterocycles. The standard InChI is InChI=1S/C15H20N4O2S/c1-18-15(5-7-17-18)14-4-3-12(10-16-14)9-13-6-8-19(11-13)22(2,20)21/h3-5,7,10,13H,6,8-9,11H2,1-2H3/t13-/m0/s1. The third kappa shape index (κ3) is 3.20. The van der Waals surface area contributed by atoms with Crippen molar-refractivity contribution >= 4 is 10.0 Å². The summed E-state index contributed by atoms with van der Waals surface area (Å²) in [6.45, 7) is 1.24. The summed E-state index contributed by atoms with van der Waals surface area (Å²) < 4.78 is 26.4. The summed E-state index contributed by atoms with van der Waals surface area (Å²) in [7, 11) is -1.17. The maximum Gasteiger partial charge on any atom is 0.211 e. The van der Waals surface area contributed by atoms with Gasteiger partial charge in [0, 0.05) is 32.5 Å². The van der Waals surface area contributed by atoms with Crippen molar-refractivity contribution in [2.75, 3.05) is 19.3 Å². The normalized spacial score (nSPS) is 19.6. The van der Waals surface area contributed by atoms with Gasteiger partial charge in [-0.15, -0.1) is 0 Å². The van der Waals surface area contributed by atoms with Gasteiger partial charge in [0.25, 0.3) is 0 Å². The molecule has 1 fully saturated rings. The smallest absolute Gasteiger partial charge is 0.211 e. The minimum absolute atomic E-state index is 0.374. The van der Waals surface area contributed by atoms with Crippen molar-refractivity contribution in [3.8, 4) is 11.4 Å². The number of sulfonamides is 1. The second-order valence-electron chi connectivity index (χ2n) is 5.87. The van der Waals surface area contributed by atoms with E-state index in [-0.39, 0.29) is 0 Å². The van der Waals surface area contributed by atoms with Gasteiger partial charge in [-0.25, -0.2) is 12.7 Å². The molecule has 3 heterocycles. The van der Waals surface area contributed by atoms with Gasteiger partial charge in [0.15, 0.2) is 0 Å². The lowest BCUT2D eigenvalue weighted by atomic mass is 10.00. The van der Waals surface area contributed by atoms with E-state index >= 15 is 0 Å². The molecule has 0 aromatic carbocycles. The molecule has 0 radical (unpaired) electrons. The van der Waals surface area contributed by atoms with Gasteiger partial charge in [0.1, 0.15) is 0 Å². The van der Waals surface area contributed by atoms with Gasteiger partial charge < -0.3 is 0 Å². The molecule has 1 atom stereocenters. The van der Waals surface area contributed by atoms with Crippen molar-refractivity contribution in [1.82, 2.24) is 19.1 Å².